The number of carboxylic acids is 1. The molecule has 0 heterocycles. The number of carbonyl (C=O) groups excluding carboxylic acids is 2. The Morgan fingerprint density at radius 1 is 1.03 bits per heavy atom. The first kappa shape index (κ1) is 22.9. The van der Waals surface area contributed by atoms with Crippen LogP contribution in [0.4, 0.5) is 11.4 Å². The summed E-state index contributed by atoms with van der Waals surface area (Å²) in [6.45, 7) is 5.69. The van der Waals surface area contributed by atoms with Gasteiger partial charge in [0.05, 0.1) is 18.0 Å². The number of nitrogens with one attached hydrogen (secondary N) is 2. The maximum absolute atomic E-state index is 12.5. The molecular weight excluding hydrogens is 384 g/mol. The van der Waals surface area contributed by atoms with Crippen molar-refractivity contribution < 1.29 is 24.2 Å². The quantitative estimate of drug-likeness (QED) is 0.502. The van der Waals surface area contributed by atoms with Crippen molar-refractivity contribution in [2.75, 3.05) is 17.2 Å². The molecule has 0 atom stereocenters. The van der Waals surface area contributed by atoms with Gasteiger partial charge < -0.3 is 20.5 Å². The summed E-state index contributed by atoms with van der Waals surface area (Å²) in [7, 11) is 0. The lowest BCUT2D eigenvalue weighted by Gasteiger charge is -2.16. The fraction of sp³-hybridized carbons (Fsp3) is 0.348. The average Bonchev–Trinajstić information content (AvgIpc) is 2.68. The van der Waals surface area contributed by atoms with E-state index in [0.717, 1.165) is 24.0 Å². The average molecular weight is 412 g/mol. The Morgan fingerprint density at radius 2 is 1.70 bits per heavy atom. The second kappa shape index (κ2) is 11.0. The van der Waals surface area contributed by atoms with Gasteiger partial charge in [-0.3, -0.25) is 9.59 Å². The van der Waals surface area contributed by atoms with E-state index in [1.54, 1.807) is 0 Å². The van der Waals surface area contributed by atoms with Crippen molar-refractivity contribution in [1.29, 1.82) is 0 Å². The van der Waals surface area contributed by atoms with E-state index >= 15 is 0 Å². The van der Waals surface area contributed by atoms with Crippen molar-refractivity contribution >= 4 is 29.2 Å². The van der Waals surface area contributed by atoms with Crippen LogP contribution in [0.25, 0.3) is 0 Å². The first-order chi connectivity index (χ1) is 14.3. The van der Waals surface area contributed by atoms with E-state index in [9.17, 15) is 19.5 Å². The van der Waals surface area contributed by atoms with Gasteiger partial charge in [0.2, 0.25) is 11.8 Å². The summed E-state index contributed by atoms with van der Waals surface area (Å²) in [5, 5.41) is 14.9. The summed E-state index contributed by atoms with van der Waals surface area (Å²) in [5.74, 6) is -1.64. The Balaban J connectivity index is 2.21. The van der Waals surface area contributed by atoms with Gasteiger partial charge in [-0.25, -0.2) is 4.79 Å². The maximum atomic E-state index is 12.5. The van der Waals surface area contributed by atoms with Gasteiger partial charge in [0, 0.05) is 19.4 Å². The van der Waals surface area contributed by atoms with Crippen LogP contribution in [-0.2, 0) is 16.0 Å². The molecule has 0 saturated heterocycles. The maximum Gasteiger partial charge on any atom is 0.339 e. The van der Waals surface area contributed by atoms with E-state index < -0.39 is 5.97 Å². The Morgan fingerprint density at radius 3 is 2.30 bits per heavy atom. The number of amides is 2. The van der Waals surface area contributed by atoms with Crippen molar-refractivity contribution in [3.05, 3.63) is 53.1 Å². The highest BCUT2D eigenvalue weighted by atomic mass is 16.5. The third-order valence-corrected chi connectivity index (χ3v) is 4.45. The van der Waals surface area contributed by atoms with Crippen molar-refractivity contribution in [2.24, 2.45) is 0 Å². The highest BCUT2D eigenvalue weighted by Gasteiger charge is 2.18. The summed E-state index contributed by atoms with van der Waals surface area (Å²) in [6, 6.07) is 10.7. The number of aromatic carboxylic acids is 1. The number of hydrogen-bond acceptors (Lipinski definition) is 4. The monoisotopic (exact) mass is 412 g/mol. The highest BCUT2D eigenvalue weighted by molar-refractivity contribution is 6.02. The van der Waals surface area contributed by atoms with Gasteiger partial charge in [0.15, 0.2) is 0 Å². The van der Waals surface area contributed by atoms with Gasteiger partial charge >= 0.3 is 5.97 Å². The fourth-order valence-corrected chi connectivity index (χ4v) is 2.81. The first-order valence-corrected chi connectivity index (χ1v) is 9.97. The van der Waals surface area contributed by atoms with Crippen LogP contribution in [0.2, 0.25) is 0 Å². The minimum absolute atomic E-state index is 0.0750. The number of benzene rings is 2. The Kier molecular flexibility index (Phi) is 8.41. The number of carbonyl (C=O) groups is 3. The van der Waals surface area contributed by atoms with Gasteiger partial charge in [-0.15, -0.1) is 0 Å². The number of aryl methyl sites for hydroxylation is 2. The lowest BCUT2D eigenvalue weighted by atomic mass is 10.1. The lowest BCUT2D eigenvalue weighted by molar-refractivity contribution is -0.116. The number of carboxylic acid groups (broad SMARTS) is 1. The molecule has 0 bridgehead atoms. The highest BCUT2D eigenvalue weighted by Crippen LogP contribution is 2.32. The molecule has 30 heavy (non-hydrogen) atoms. The van der Waals surface area contributed by atoms with Crippen LogP contribution >= 0.6 is 0 Å². The largest absolute Gasteiger partial charge is 0.493 e. The third kappa shape index (κ3) is 6.92. The molecule has 0 aliphatic rings. The van der Waals surface area contributed by atoms with E-state index in [1.165, 1.54) is 19.1 Å². The van der Waals surface area contributed by atoms with Crippen LogP contribution in [0.5, 0.6) is 5.75 Å². The SMILES string of the molecule is CCCCOc1cc(NC(C)=O)c(NC(=O)CCc2ccc(C)cc2)cc1C(=O)O. The molecule has 0 aliphatic heterocycles. The Hall–Kier alpha value is -3.35. The topological polar surface area (TPSA) is 105 Å². The molecule has 2 amide bonds. The van der Waals surface area contributed by atoms with Crippen molar-refractivity contribution in [3.63, 3.8) is 0 Å². The van der Waals surface area contributed by atoms with Gasteiger partial charge in [0.1, 0.15) is 11.3 Å². The number of hydrogen-bond donors (Lipinski definition) is 3. The summed E-state index contributed by atoms with van der Waals surface area (Å²) < 4.78 is 5.59. The minimum atomic E-state index is -1.17. The van der Waals surface area contributed by atoms with E-state index in [0.29, 0.717) is 18.7 Å². The molecule has 7 nitrogen and oxygen atoms in total. The number of ether oxygens (including phenoxy) is 1. The number of unbranched alkanes of at least 4 members (excludes halogenated alkanes) is 1. The lowest BCUT2D eigenvalue weighted by Crippen LogP contribution is -2.17. The molecule has 0 aromatic heterocycles. The summed E-state index contributed by atoms with van der Waals surface area (Å²) >= 11 is 0. The van der Waals surface area contributed by atoms with E-state index in [4.69, 9.17) is 4.74 Å². The zero-order valence-corrected chi connectivity index (χ0v) is 17.6. The molecule has 0 aliphatic carbocycles. The van der Waals surface area contributed by atoms with E-state index in [-0.39, 0.29) is 35.2 Å². The van der Waals surface area contributed by atoms with Crippen LogP contribution in [0.1, 0.15) is 54.6 Å². The Bertz CT molecular complexity index is 907. The smallest absolute Gasteiger partial charge is 0.339 e. The molecule has 0 unspecified atom stereocenters. The van der Waals surface area contributed by atoms with Crippen LogP contribution in [0, 0.1) is 6.92 Å². The standard InChI is InChI=1S/C23H28N2O5/c1-4-5-12-30-21-14-20(24-16(3)26)19(13-18(21)23(28)29)25-22(27)11-10-17-8-6-15(2)7-9-17/h6-9,13-14H,4-5,10-12H2,1-3H3,(H,24,26)(H,25,27)(H,28,29). The van der Waals surface area contributed by atoms with Gasteiger partial charge in [-0.2, -0.15) is 0 Å². The molecule has 2 aromatic rings. The van der Waals surface area contributed by atoms with E-state index in [2.05, 4.69) is 10.6 Å². The predicted molar refractivity (Wildman–Crippen MR) is 116 cm³/mol. The summed E-state index contributed by atoms with van der Waals surface area (Å²) in [5.41, 5.74) is 2.62. The van der Waals surface area contributed by atoms with Crippen LogP contribution in [0.15, 0.2) is 36.4 Å². The van der Waals surface area contributed by atoms with E-state index in [1.807, 2.05) is 38.1 Å². The van der Waals surface area contributed by atoms with Crippen molar-refractivity contribution in [2.45, 2.75) is 46.5 Å². The molecule has 0 saturated carbocycles. The zero-order valence-electron chi connectivity index (χ0n) is 17.6. The number of rotatable bonds is 10. The molecule has 0 spiro atoms. The molecule has 0 radical (unpaired) electrons. The summed E-state index contributed by atoms with van der Waals surface area (Å²) in [4.78, 5) is 35.7. The molecule has 2 rings (SSSR count). The second-order valence-corrected chi connectivity index (χ2v) is 7.12. The molecule has 7 heteroatoms. The minimum Gasteiger partial charge on any atom is -0.493 e. The van der Waals surface area contributed by atoms with Crippen molar-refractivity contribution in [1.82, 2.24) is 0 Å². The van der Waals surface area contributed by atoms with Crippen molar-refractivity contribution in [3.8, 4) is 5.75 Å². The third-order valence-electron chi connectivity index (χ3n) is 4.45. The van der Waals surface area contributed by atoms with Gasteiger partial charge in [-0.05, 0) is 31.4 Å². The summed E-state index contributed by atoms with van der Waals surface area (Å²) in [6.07, 6.45) is 2.44. The predicted octanol–water partition coefficient (Wildman–Crippen LogP) is 4.40. The fourth-order valence-electron chi connectivity index (χ4n) is 2.81. The van der Waals surface area contributed by atoms with Gasteiger partial charge in [0.25, 0.3) is 0 Å². The molecule has 2 aromatic carbocycles. The molecule has 0 fully saturated rings. The van der Waals surface area contributed by atoms with Gasteiger partial charge in [-0.1, -0.05) is 43.2 Å². The molecular formula is C23H28N2O5. The van der Waals surface area contributed by atoms with Crippen LogP contribution < -0.4 is 15.4 Å². The molecule has 160 valence electrons. The van der Waals surface area contributed by atoms with Crippen LogP contribution in [-0.4, -0.2) is 29.5 Å². The zero-order chi connectivity index (χ0) is 22.1. The van der Waals surface area contributed by atoms with Crippen LogP contribution in [0.3, 0.4) is 0 Å². The Labute approximate surface area is 176 Å². The molecule has 3 N–H and O–H groups in total. The normalized spacial score (nSPS) is 10.4. The first-order valence-electron chi connectivity index (χ1n) is 9.97. The number of anilines is 2. The second-order valence-electron chi connectivity index (χ2n) is 7.12.